The fourth-order valence-corrected chi connectivity index (χ4v) is 2.88. The van der Waals surface area contributed by atoms with Gasteiger partial charge in [-0.3, -0.25) is 9.59 Å². The molecule has 24 heavy (non-hydrogen) atoms. The minimum atomic E-state index is -0.583. The van der Waals surface area contributed by atoms with Crippen LogP contribution in [0.2, 0.25) is 0 Å². The van der Waals surface area contributed by atoms with Crippen molar-refractivity contribution in [2.24, 2.45) is 11.7 Å². The third-order valence-corrected chi connectivity index (χ3v) is 4.21. The lowest BCUT2D eigenvalue weighted by Crippen LogP contribution is -2.16. The van der Waals surface area contributed by atoms with Crippen molar-refractivity contribution in [2.75, 3.05) is 18.4 Å². The Balaban J connectivity index is 1.69. The number of carbonyl (C=O) groups excluding carboxylic acids is 2. The smallest absolute Gasteiger partial charge is 0.269 e. The number of nitrogens with two attached hydrogens (primary N) is 1. The van der Waals surface area contributed by atoms with E-state index in [2.05, 4.69) is 15.7 Å². The molecule has 3 rings (SSSR count). The minimum Gasteiger partial charge on any atom is -0.364 e. The lowest BCUT2D eigenvalue weighted by Gasteiger charge is -2.12. The number of nitrogens with zero attached hydrogens (tertiary/aromatic N) is 2. The molecule has 1 unspecified atom stereocenters. The molecular weight excluding hydrogens is 306 g/mol. The van der Waals surface area contributed by atoms with E-state index in [0.29, 0.717) is 23.7 Å². The van der Waals surface area contributed by atoms with E-state index in [9.17, 15) is 9.59 Å². The van der Waals surface area contributed by atoms with Gasteiger partial charge in [-0.25, -0.2) is 4.68 Å². The summed E-state index contributed by atoms with van der Waals surface area (Å²) in [4.78, 5) is 23.4. The average Bonchev–Trinajstić information content (AvgIpc) is 3.25. The van der Waals surface area contributed by atoms with Crippen molar-refractivity contribution in [3.05, 3.63) is 42.2 Å². The molecule has 0 saturated carbocycles. The second kappa shape index (κ2) is 7.27. The fraction of sp³-hybridized carbons (Fsp3) is 0.353. The summed E-state index contributed by atoms with van der Waals surface area (Å²) in [5.41, 5.74) is 6.77. The molecule has 1 aromatic carbocycles. The molecule has 7 nitrogen and oxygen atoms in total. The third-order valence-electron chi connectivity index (χ3n) is 4.21. The van der Waals surface area contributed by atoms with Gasteiger partial charge in [0.05, 0.1) is 11.4 Å². The van der Waals surface area contributed by atoms with Crippen molar-refractivity contribution in [2.45, 2.75) is 19.3 Å². The topological polar surface area (TPSA) is 102 Å². The normalized spacial score (nSPS) is 16.9. The van der Waals surface area contributed by atoms with Crippen LogP contribution in [0.4, 0.5) is 5.69 Å². The minimum absolute atomic E-state index is 0.0170. The van der Waals surface area contributed by atoms with Gasteiger partial charge in [-0.15, -0.1) is 0 Å². The van der Waals surface area contributed by atoms with Crippen LogP contribution in [-0.4, -0.2) is 34.7 Å². The summed E-state index contributed by atoms with van der Waals surface area (Å²) < 4.78 is 1.54. The number of nitrogens with one attached hydrogen (secondary N) is 2. The van der Waals surface area contributed by atoms with Crippen molar-refractivity contribution in [1.82, 2.24) is 15.1 Å². The SMILES string of the molecule is NC(=O)c1ccn(-c2ccccc2NC(=O)CCC2CCNC2)n1. The predicted octanol–water partition coefficient (Wildman–Crippen LogP) is 1.30. The van der Waals surface area contributed by atoms with Crippen LogP contribution in [-0.2, 0) is 4.79 Å². The van der Waals surface area contributed by atoms with Crippen molar-refractivity contribution >= 4 is 17.5 Å². The molecule has 1 aromatic heterocycles. The second-order valence-corrected chi connectivity index (χ2v) is 5.97. The first-order valence-corrected chi connectivity index (χ1v) is 8.09. The van der Waals surface area contributed by atoms with Gasteiger partial charge in [0.1, 0.15) is 5.69 Å². The number of aromatic nitrogens is 2. The molecule has 2 amide bonds. The number of benzene rings is 1. The monoisotopic (exact) mass is 327 g/mol. The molecule has 1 aliphatic rings. The van der Waals surface area contributed by atoms with E-state index in [-0.39, 0.29) is 11.6 Å². The third kappa shape index (κ3) is 3.80. The summed E-state index contributed by atoms with van der Waals surface area (Å²) in [5.74, 6) is -0.0210. The Morgan fingerprint density at radius 2 is 2.17 bits per heavy atom. The molecule has 0 bridgehead atoms. The Hall–Kier alpha value is -2.67. The molecule has 1 saturated heterocycles. The van der Waals surface area contributed by atoms with Gasteiger partial charge in [0.25, 0.3) is 5.91 Å². The van der Waals surface area contributed by atoms with E-state index in [0.717, 1.165) is 25.9 Å². The highest BCUT2D eigenvalue weighted by Crippen LogP contribution is 2.21. The molecule has 126 valence electrons. The van der Waals surface area contributed by atoms with Gasteiger partial charge in [-0.05, 0) is 50.0 Å². The van der Waals surface area contributed by atoms with E-state index in [1.165, 1.54) is 4.68 Å². The quantitative estimate of drug-likeness (QED) is 0.744. The number of hydrogen-bond acceptors (Lipinski definition) is 4. The Morgan fingerprint density at radius 3 is 2.88 bits per heavy atom. The van der Waals surface area contributed by atoms with E-state index >= 15 is 0 Å². The van der Waals surface area contributed by atoms with Gasteiger partial charge in [-0.2, -0.15) is 5.10 Å². The molecule has 1 aliphatic heterocycles. The Bertz CT molecular complexity index is 734. The van der Waals surface area contributed by atoms with Crippen LogP contribution in [0.1, 0.15) is 29.8 Å². The molecule has 4 N–H and O–H groups in total. The molecule has 2 heterocycles. The van der Waals surface area contributed by atoms with Crippen molar-refractivity contribution < 1.29 is 9.59 Å². The van der Waals surface area contributed by atoms with Crippen LogP contribution >= 0.6 is 0 Å². The van der Waals surface area contributed by atoms with E-state index < -0.39 is 5.91 Å². The van der Waals surface area contributed by atoms with Crippen LogP contribution in [0.3, 0.4) is 0 Å². The summed E-state index contributed by atoms with van der Waals surface area (Å²) in [7, 11) is 0. The molecule has 0 spiro atoms. The van der Waals surface area contributed by atoms with Gasteiger partial charge in [0.2, 0.25) is 5.91 Å². The van der Waals surface area contributed by atoms with E-state index in [4.69, 9.17) is 5.73 Å². The Labute approximate surface area is 140 Å². The van der Waals surface area contributed by atoms with Gasteiger partial charge in [0, 0.05) is 12.6 Å². The maximum Gasteiger partial charge on any atom is 0.269 e. The lowest BCUT2D eigenvalue weighted by molar-refractivity contribution is -0.116. The molecule has 7 heteroatoms. The average molecular weight is 327 g/mol. The molecule has 0 radical (unpaired) electrons. The largest absolute Gasteiger partial charge is 0.364 e. The first kappa shape index (κ1) is 16.2. The van der Waals surface area contributed by atoms with Crippen LogP contribution in [0.15, 0.2) is 36.5 Å². The summed E-state index contributed by atoms with van der Waals surface area (Å²) in [5, 5.41) is 10.4. The zero-order valence-corrected chi connectivity index (χ0v) is 13.4. The maximum absolute atomic E-state index is 12.2. The Kier molecular flexibility index (Phi) is 4.90. The van der Waals surface area contributed by atoms with Gasteiger partial charge < -0.3 is 16.4 Å². The predicted molar refractivity (Wildman–Crippen MR) is 90.9 cm³/mol. The van der Waals surface area contributed by atoms with Gasteiger partial charge >= 0.3 is 0 Å². The number of amides is 2. The number of anilines is 1. The number of primary amides is 1. The van der Waals surface area contributed by atoms with Crippen LogP contribution < -0.4 is 16.4 Å². The number of carbonyl (C=O) groups is 2. The van der Waals surface area contributed by atoms with Crippen LogP contribution in [0.25, 0.3) is 5.69 Å². The molecule has 0 aliphatic carbocycles. The van der Waals surface area contributed by atoms with Crippen LogP contribution in [0, 0.1) is 5.92 Å². The summed E-state index contributed by atoms with van der Waals surface area (Å²) in [6, 6.07) is 8.89. The first-order valence-electron chi connectivity index (χ1n) is 8.09. The van der Waals surface area contributed by atoms with Crippen LogP contribution in [0.5, 0.6) is 0 Å². The standard InChI is InChI=1S/C17H21N5O2/c18-17(24)14-8-10-22(21-14)15-4-2-1-3-13(15)20-16(23)6-5-12-7-9-19-11-12/h1-4,8,10,12,19H,5-7,9,11H2,(H2,18,24)(H,20,23). The number of rotatable bonds is 6. The first-order chi connectivity index (χ1) is 11.6. The van der Waals surface area contributed by atoms with Crippen molar-refractivity contribution in [3.8, 4) is 5.69 Å². The zero-order valence-electron chi connectivity index (χ0n) is 13.4. The molecular formula is C17H21N5O2. The number of hydrogen-bond donors (Lipinski definition) is 3. The molecule has 2 aromatic rings. The van der Waals surface area contributed by atoms with E-state index in [1.54, 1.807) is 12.3 Å². The Morgan fingerprint density at radius 1 is 1.33 bits per heavy atom. The summed E-state index contributed by atoms with van der Waals surface area (Å²) >= 11 is 0. The number of para-hydroxylation sites is 2. The van der Waals surface area contributed by atoms with Gasteiger partial charge in [-0.1, -0.05) is 12.1 Å². The molecule has 1 fully saturated rings. The highest BCUT2D eigenvalue weighted by atomic mass is 16.2. The maximum atomic E-state index is 12.2. The zero-order chi connectivity index (χ0) is 16.9. The summed E-state index contributed by atoms with van der Waals surface area (Å²) in [6.07, 6.45) is 4.16. The molecule has 1 atom stereocenters. The highest BCUT2D eigenvalue weighted by Gasteiger charge is 2.16. The second-order valence-electron chi connectivity index (χ2n) is 5.97. The fourth-order valence-electron chi connectivity index (χ4n) is 2.88. The van der Waals surface area contributed by atoms with Gasteiger partial charge in [0.15, 0.2) is 0 Å². The van der Waals surface area contributed by atoms with E-state index in [1.807, 2.05) is 24.3 Å². The van der Waals surface area contributed by atoms with Crippen molar-refractivity contribution in [1.29, 1.82) is 0 Å². The lowest BCUT2D eigenvalue weighted by atomic mass is 10.0. The summed E-state index contributed by atoms with van der Waals surface area (Å²) in [6.45, 7) is 2.03. The van der Waals surface area contributed by atoms with Crippen molar-refractivity contribution in [3.63, 3.8) is 0 Å². The highest BCUT2D eigenvalue weighted by molar-refractivity contribution is 5.93.